The minimum Gasteiger partial charge on any atom is -0.310 e. The third kappa shape index (κ3) is 5.11. The van der Waals surface area contributed by atoms with Crippen molar-refractivity contribution in [3.63, 3.8) is 0 Å². The molecule has 0 atom stereocenters. The predicted octanol–water partition coefficient (Wildman–Crippen LogP) is 13.1. The van der Waals surface area contributed by atoms with E-state index in [-0.39, 0.29) is 0 Å². The molecule has 226 valence electrons. The van der Waals surface area contributed by atoms with E-state index in [2.05, 4.69) is 180 Å². The van der Waals surface area contributed by atoms with E-state index in [0.717, 1.165) is 17.1 Å². The molecule has 3 heteroatoms. The van der Waals surface area contributed by atoms with Crippen LogP contribution in [0.25, 0.3) is 64.3 Å². The second-order valence-corrected chi connectivity index (χ2v) is 13.1. The van der Waals surface area contributed by atoms with Crippen LogP contribution in [0.5, 0.6) is 0 Å². The van der Waals surface area contributed by atoms with E-state index >= 15 is 0 Å². The van der Waals surface area contributed by atoms with Crippen LogP contribution in [0.15, 0.2) is 182 Å². The summed E-state index contributed by atoms with van der Waals surface area (Å²) in [5.74, 6) is 0. The lowest BCUT2D eigenvalue weighted by atomic mass is 9.99. The van der Waals surface area contributed by atoms with Crippen LogP contribution in [0.3, 0.4) is 0 Å². The number of aromatic nitrogens is 1. The van der Waals surface area contributed by atoms with Gasteiger partial charge in [-0.3, -0.25) is 4.98 Å². The summed E-state index contributed by atoms with van der Waals surface area (Å²) in [5.41, 5.74) is 10.6. The van der Waals surface area contributed by atoms with Gasteiger partial charge in [0.1, 0.15) is 0 Å². The highest BCUT2D eigenvalue weighted by Crippen LogP contribution is 2.44. The topological polar surface area (TPSA) is 16.1 Å². The van der Waals surface area contributed by atoms with Crippen LogP contribution in [-0.4, -0.2) is 4.98 Å². The maximum Gasteiger partial charge on any atom is 0.0540 e. The Morgan fingerprint density at radius 3 is 1.73 bits per heavy atom. The van der Waals surface area contributed by atoms with Gasteiger partial charge >= 0.3 is 0 Å². The molecule has 2 nitrogen and oxygen atoms in total. The zero-order valence-corrected chi connectivity index (χ0v) is 26.9. The monoisotopic (exact) mass is 630 g/mol. The van der Waals surface area contributed by atoms with Gasteiger partial charge in [-0.15, -0.1) is 11.3 Å². The molecule has 0 unspecified atom stereocenters. The normalized spacial score (nSPS) is 11.3. The van der Waals surface area contributed by atoms with Gasteiger partial charge in [0.25, 0.3) is 0 Å². The molecule has 0 saturated carbocycles. The second kappa shape index (κ2) is 12.0. The lowest BCUT2D eigenvalue weighted by Crippen LogP contribution is -2.11. The van der Waals surface area contributed by atoms with Crippen molar-refractivity contribution in [3.8, 4) is 33.4 Å². The number of nitrogens with zero attached hydrogens (tertiary/aromatic N) is 2. The number of thiophene rings is 1. The van der Waals surface area contributed by atoms with Gasteiger partial charge in [0.05, 0.1) is 5.69 Å². The van der Waals surface area contributed by atoms with Crippen molar-refractivity contribution in [2.75, 3.05) is 4.90 Å². The van der Waals surface area contributed by atoms with Crippen LogP contribution in [-0.2, 0) is 0 Å². The first-order valence-corrected chi connectivity index (χ1v) is 17.0. The average Bonchev–Trinajstić information content (AvgIpc) is 3.52. The van der Waals surface area contributed by atoms with Crippen LogP contribution < -0.4 is 4.90 Å². The molecule has 0 amide bonds. The van der Waals surface area contributed by atoms with Gasteiger partial charge in [-0.1, -0.05) is 121 Å². The fourth-order valence-corrected chi connectivity index (χ4v) is 7.90. The highest BCUT2D eigenvalue weighted by molar-refractivity contribution is 7.25. The van der Waals surface area contributed by atoms with Crippen LogP contribution in [0.2, 0.25) is 0 Å². The molecular weight excluding hydrogens is 601 g/mol. The summed E-state index contributed by atoms with van der Waals surface area (Å²) in [6, 6.07) is 61.3. The summed E-state index contributed by atoms with van der Waals surface area (Å²) in [6.45, 7) is 0. The van der Waals surface area contributed by atoms with Crippen LogP contribution in [0.4, 0.5) is 17.1 Å². The Hall–Kier alpha value is -6.03. The molecule has 0 fully saturated rings. The number of hydrogen-bond donors (Lipinski definition) is 0. The summed E-state index contributed by atoms with van der Waals surface area (Å²) in [6.07, 6.45) is 3.82. The van der Waals surface area contributed by atoms with Gasteiger partial charge in [0.15, 0.2) is 0 Å². The Balaban J connectivity index is 1.16. The summed E-state index contributed by atoms with van der Waals surface area (Å²) in [5, 5.41) is 4.96. The number of pyridine rings is 1. The average molecular weight is 631 g/mol. The Bertz CT molecular complexity index is 2540. The number of benzene rings is 7. The lowest BCUT2D eigenvalue weighted by Gasteiger charge is -2.28. The number of para-hydroxylation sites is 1. The van der Waals surface area contributed by atoms with Crippen molar-refractivity contribution in [1.82, 2.24) is 4.98 Å². The summed E-state index contributed by atoms with van der Waals surface area (Å²) < 4.78 is 2.55. The number of rotatable bonds is 6. The first-order valence-electron chi connectivity index (χ1n) is 16.2. The molecule has 48 heavy (non-hydrogen) atoms. The van der Waals surface area contributed by atoms with Crippen LogP contribution in [0.1, 0.15) is 0 Å². The van der Waals surface area contributed by atoms with Crippen LogP contribution in [0, 0.1) is 0 Å². The Labute approximate surface area is 283 Å². The lowest BCUT2D eigenvalue weighted by molar-refractivity contribution is 1.29. The van der Waals surface area contributed by atoms with Gasteiger partial charge in [0, 0.05) is 54.9 Å². The fraction of sp³-hybridized carbons (Fsp3) is 0. The van der Waals surface area contributed by atoms with E-state index in [0.29, 0.717) is 0 Å². The largest absolute Gasteiger partial charge is 0.310 e. The van der Waals surface area contributed by atoms with E-state index in [1.54, 1.807) is 0 Å². The van der Waals surface area contributed by atoms with E-state index in [4.69, 9.17) is 0 Å². The number of fused-ring (bicyclic) bond motifs is 4. The Morgan fingerprint density at radius 2 is 1.00 bits per heavy atom. The summed E-state index contributed by atoms with van der Waals surface area (Å²) in [4.78, 5) is 6.75. The Morgan fingerprint density at radius 1 is 0.417 bits per heavy atom. The SMILES string of the molecule is c1ccc(-c2ccc(-c3ccc(N(c4ccc5c(c4)sc4cc6cnccc6cc45)c4ccccc4-c4ccccc4)cc3)cc2)cc1. The number of hydrogen-bond acceptors (Lipinski definition) is 3. The zero-order chi connectivity index (χ0) is 31.9. The second-order valence-electron chi connectivity index (χ2n) is 12.1. The molecule has 0 aliphatic heterocycles. The van der Waals surface area contributed by atoms with Gasteiger partial charge in [0.2, 0.25) is 0 Å². The molecule has 2 aromatic heterocycles. The molecule has 0 saturated heterocycles. The smallest absolute Gasteiger partial charge is 0.0540 e. The molecular formula is C45H30N2S. The van der Waals surface area contributed by atoms with Crippen molar-refractivity contribution in [3.05, 3.63) is 182 Å². The molecule has 0 aliphatic rings. The maximum atomic E-state index is 4.35. The van der Waals surface area contributed by atoms with E-state index in [1.807, 2.05) is 23.7 Å². The molecule has 0 spiro atoms. The molecule has 0 bridgehead atoms. The highest BCUT2D eigenvalue weighted by atomic mass is 32.1. The molecule has 7 aromatic carbocycles. The van der Waals surface area contributed by atoms with E-state index in [1.165, 1.54) is 64.3 Å². The molecule has 9 rings (SSSR count). The molecule has 0 aliphatic carbocycles. The summed E-state index contributed by atoms with van der Waals surface area (Å²) in [7, 11) is 0. The minimum absolute atomic E-state index is 1.11. The van der Waals surface area contributed by atoms with Crippen molar-refractivity contribution in [1.29, 1.82) is 0 Å². The molecule has 2 heterocycles. The van der Waals surface area contributed by atoms with Crippen molar-refractivity contribution < 1.29 is 0 Å². The molecule has 0 radical (unpaired) electrons. The number of anilines is 3. The van der Waals surface area contributed by atoms with Gasteiger partial charge in [-0.25, -0.2) is 0 Å². The minimum atomic E-state index is 1.11. The molecule has 9 aromatic rings. The van der Waals surface area contributed by atoms with E-state index < -0.39 is 0 Å². The standard InChI is InChI=1S/C45H30N2S/c1-3-9-31(10-4-1)32-15-17-33(18-16-32)34-19-21-38(22-20-34)47(43-14-8-7-13-40(43)35-11-5-2-6-12-35)39-23-24-41-42-27-36-25-26-46-30-37(36)28-44(42)48-45(41)29-39/h1-30H. The van der Waals surface area contributed by atoms with Crippen molar-refractivity contribution in [2.24, 2.45) is 0 Å². The van der Waals surface area contributed by atoms with E-state index in [9.17, 15) is 0 Å². The molecule has 0 N–H and O–H groups in total. The highest BCUT2D eigenvalue weighted by Gasteiger charge is 2.19. The maximum absolute atomic E-state index is 4.35. The first kappa shape index (κ1) is 28.2. The third-order valence-corrected chi connectivity index (χ3v) is 10.3. The quantitative estimate of drug-likeness (QED) is 0.182. The third-order valence-electron chi connectivity index (χ3n) is 9.15. The van der Waals surface area contributed by atoms with Crippen LogP contribution >= 0.6 is 11.3 Å². The van der Waals surface area contributed by atoms with Gasteiger partial charge in [-0.05, 0) is 81.7 Å². The summed E-state index contributed by atoms with van der Waals surface area (Å²) >= 11 is 1.84. The van der Waals surface area contributed by atoms with Gasteiger partial charge < -0.3 is 4.90 Å². The Kier molecular flexibility index (Phi) is 7.03. The predicted molar refractivity (Wildman–Crippen MR) is 206 cm³/mol. The first-order chi connectivity index (χ1) is 23.8. The fourth-order valence-electron chi connectivity index (χ4n) is 6.73. The van der Waals surface area contributed by atoms with Crippen molar-refractivity contribution >= 4 is 59.3 Å². The zero-order valence-electron chi connectivity index (χ0n) is 26.1. The van der Waals surface area contributed by atoms with Crippen molar-refractivity contribution in [2.45, 2.75) is 0 Å². The van der Waals surface area contributed by atoms with Gasteiger partial charge in [-0.2, -0.15) is 0 Å².